The maximum Gasteiger partial charge on any atom is 0.258 e. The molecule has 1 aromatic rings. The van der Waals surface area contributed by atoms with Gasteiger partial charge in [0.1, 0.15) is 0 Å². The highest BCUT2D eigenvalue weighted by atomic mass is 16.5. The lowest BCUT2D eigenvalue weighted by atomic mass is 10.2. The molecule has 0 radical (unpaired) electrons. The van der Waals surface area contributed by atoms with E-state index in [-0.39, 0.29) is 12.5 Å². The van der Waals surface area contributed by atoms with Gasteiger partial charge < -0.3 is 20.5 Å². The molecule has 0 atom stereocenters. The predicted molar refractivity (Wildman–Crippen MR) is 67.5 cm³/mol. The smallest absolute Gasteiger partial charge is 0.258 e. The summed E-state index contributed by atoms with van der Waals surface area (Å²) in [6.07, 6.45) is 2.14. The van der Waals surface area contributed by atoms with Crippen LogP contribution in [0.15, 0.2) is 18.2 Å². The molecule has 18 heavy (non-hydrogen) atoms. The normalized spacial score (nSPS) is 14.1. The highest BCUT2D eigenvalue weighted by molar-refractivity contribution is 5.78. The highest BCUT2D eigenvalue weighted by Crippen LogP contribution is 2.28. The van der Waals surface area contributed by atoms with Crippen molar-refractivity contribution in [1.82, 2.24) is 5.32 Å². The molecule has 98 valence electrons. The molecule has 1 aromatic carbocycles. The lowest BCUT2D eigenvalue weighted by molar-refractivity contribution is -0.123. The molecule has 1 aliphatic rings. The second-order valence-corrected chi connectivity index (χ2v) is 4.32. The van der Waals surface area contributed by atoms with Crippen LogP contribution in [0.4, 0.5) is 0 Å². The van der Waals surface area contributed by atoms with Crippen molar-refractivity contribution in [2.45, 2.75) is 25.4 Å². The summed E-state index contributed by atoms with van der Waals surface area (Å²) in [5.74, 6) is 1.06. The van der Waals surface area contributed by atoms with Gasteiger partial charge in [0.25, 0.3) is 5.91 Å². The third kappa shape index (κ3) is 3.37. The summed E-state index contributed by atoms with van der Waals surface area (Å²) in [5.41, 5.74) is 6.51. The number of amides is 1. The van der Waals surface area contributed by atoms with Crippen LogP contribution in [0.2, 0.25) is 0 Å². The van der Waals surface area contributed by atoms with Gasteiger partial charge >= 0.3 is 0 Å². The summed E-state index contributed by atoms with van der Waals surface area (Å²) in [5, 5.41) is 2.86. The van der Waals surface area contributed by atoms with Crippen LogP contribution < -0.4 is 20.5 Å². The number of nitrogens with two attached hydrogens (primary N) is 1. The minimum Gasteiger partial charge on any atom is -0.493 e. The second kappa shape index (κ2) is 5.73. The monoisotopic (exact) mass is 250 g/mol. The highest BCUT2D eigenvalue weighted by Gasteiger charge is 2.23. The van der Waals surface area contributed by atoms with E-state index in [1.807, 2.05) is 12.1 Å². The molecule has 1 saturated carbocycles. The first-order valence-electron chi connectivity index (χ1n) is 6.02. The molecule has 5 heteroatoms. The van der Waals surface area contributed by atoms with E-state index in [4.69, 9.17) is 15.2 Å². The summed E-state index contributed by atoms with van der Waals surface area (Å²) in [7, 11) is 1.56. The fourth-order valence-electron chi connectivity index (χ4n) is 1.60. The van der Waals surface area contributed by atoms with Crippen LogP contribution in [0.5, 0.6) is 11.5 Å². The van der Waals surface area contributed by atoms with Gasteiger partial charge in [-0.1, -0.05) is 6.07 Å². The Balaban J connectivity index is 1.92. The van der Waals surface area contributed by atoms with E-state index in [2.05, 4.69) is 5.32 Å². The Bertz CT molecular complexity index is 430. The molecule has 0 spiro atoms. The molecule has 1 amide bonds. The third-order valence-corrected chi connectivity index (χ3v) is 2.76. The number of nitrogens with one attached hydrogen (secondary N) is 1. The van der Waals surface area contributed by atoms with E-state index in [0.717, 1.165) is 18.4 Å². The average Bonchev–Trinajstić information content (AvgIpc) is 3.20. The van der Waals surface area contributed by atoms with Gasteiger partial charge in [-0.25, -0.2) is 0 Å². The first-order valence-corrected chi connectivity index (χ1v) is 6.02. The van der Waals surface area contributed by atoms with Crippen molar-refractivity contribution >= 4 is 5.91 Å². The minimum absolute atomic E-state index is 0.00876. The van der Waals surface area contributed by atoms with Crippen molar-refractivity contribution in [3.8, 4) is 11.5 Å². The number of carbonyl (C=O) groups excluding carboxylic acids is 1. The van der Waals surface area contributed by atoms with Crippen LogP contribution in [0, 0.1) is 0 Å². The number of carbonyl (C=O) groups is 1. The summed E-state index contributed by atoms with van der Waals surface area (Å²) < 4.78 is 10.6. The molecule has 0 saturated heterocycles. The average molecular weight is 250 g/mol. The Morgan fingerprint density at radius 1 is 1.44 bits per heavy atom. The van der Waals surface area contributed by atoms with Crippen LogP contribution in [-0.2, 0) is 11.3 Å². The zero-order valence-electron chi connectivity index (χ0n) is 10.4. The molecule has 1 fully saturated rings. The van der Waals surface area contributed by atoms with Crippen molar-refractivity contribution in [3.05, 3.63) is 23.8 Å². The van der Waals surface area contributed by atoms with E-state index < -0.39 is 0 Å². The topological polar surface area (TPSA) is 73.6 Å². The quantitative estimate of drug-likeness (QED) is 0.783. The lowest BCUT2D eigenvalue weighted by Crippen LogP contribution is -2.30. The summed E-state index contributed by atoms with van der Waals surface area (Å²) >= 11 is 0. The number of methoxy groups -OCH3 is 1. The zero-order valence-corrected chi connectivity index (χ0v) is 10.4. The molecule has 0 unspecified atom stereocenters. The second-order valence-electron chi connectivity index (χ2n) is 4.32. The van der Waals surface area contributed by atoms with Gasteiger partial charge in [0, 0.05) is 12.6 Å². The van der Waals surface area contributed by atoms with Gasteiger partial charge in [0.15, 0.2) is 18.1 Å². The molecular weight excluding hydrogens is 232 g/mol. The molecule has 0 heterocycles. The standard InChI is InChI=1S/C13H18N2O3/c1-17-12-6-9(7-14)2-5-11(12)18-8-13(16)15-10-3-4-10/h2,5-6,10H,3-4,7-8,14H2,1H3,(H,15,16). The van der Waals surface area contributed by atoms with Crippen LogP contribution in [0.1, 0.15) is 18.4 Å². The van der Waals surface area contributed by atoms with E-state index in [9.17, 15) is 4.79 Å². The third-order valence-electron chi connectivity index (χ3n) is 2.76. The number of hydrogen-bond donors (Lipinski definition) is 2. The van der Waals surface area contributed by atoms with Crippen LogP contribution >= 0.6 is 0 Å². The largest absolute Gasteiger partial charge is 0.493 e. The first-order chi connectivity index (χ1) is 8.72. The summed E-state index contributed by atoms with van der Waals surface area (Å²) in [6, 6.07) is 5.79. The minimum atomic E-state index is -0.0949. The fraction of sp³-hybridized carbons (Fsp3) is 0.462. The lowest BCUT2D eigenvalue weighted by Gasteiger charge is -2.11. The van der Waals surface area contributed by atoms with Gasteiger partial charge in [-0.3, -0.25) is 4.79 Å². The Morgan fingerprint density at radius 3 is 2.83 bits per heavy atom. The van der Waals surface area contributed by atoms with Gasteiger partial charge in [-0.2, -0.15) is 0 Å². The number of ether oxygens (including phenoxy) is 2. The molecule has 1 aliphatic carbocycles. The van der Waals surface area contributed by atoms with Crippen molar-refractivity contribution in [1.29, 1.82) is 0 Å². The van der Waals surface area contributed by atoms with E-state index in [0.29, 0.717) is 24.1 Å². The SMILES string of the molecule is COc1cc(CN)ccc1OCC(=O)NC1CC1. The van der Waals surface area contributed by atoms with Gasteiger partial charge in [-0.15, -0.1) is 0 Å². The van der Waals surface area contributed by atoms with Crippen LogP contribution in [0.3, 0.4) is 0 Å². The summed E-state index contributed by atoms with van der Waals surface area (Å²) in [6.45, 7) is 0.452. The van der Waals surface area contributed by atoms with E-state index >= 15 is 0 Å². The first kappa shape index (κ1) is 12.7. The molecule has 0 aromatic heterocycles. The Hall–Kier alpha value is -1.75. The molecule has 5 nitrogen and oxygen atoms in total. The Labute approximate surface area is 106 Å². The predicted octanol–water partition coefficient (Wildman–Crippen LogP) is 0.811. The van der Waals surface area contributed by atoms with Crippen molar-refractivity contribution < 1.29 is 14.3 Å². The maximum absolute atomic E-state index is 11.5. The van der Waals surface area contributed by atoms with Gasteiger partial charge in [-0.05, 0) is 30.5 Å². The summed E-state index contributed by atoms with van der Waals surface area (Å²) in [4.78, 5) is 11.5. The number of benzene rings is 1. The molecular formula is C13H18N2O3. The van der Waals surface area contributed by atoms with E-state index in [1.165, 1.54) is 0 Å². The molecule has 2 rings (SSSR count). The zero-order chi connectivity index (χ0) is 13.0. The van der Waals surface area contributed by atoms with Gasteiger partial charge in [0.05, 0.1) is 7.11 Å². The van der Waals surface area contributed by atoms with Crippen LogP contribution in [-0.4, -0.2) is 25.7 Å². The molecule has 3 N–H and O–H groups in total. The molecule has 0 bridgehead atoms. The Kier molecular flexibility index (Phi) is 4.04. The van der Waals surface area contributed by atoms with E-state index in [1.54, 1.807) is 13.2 Å². The van der Waals surface area contributed by atoms with Gasteiger partial charge in [0.2, 0.25) is 0 Å². The molecule has 0 aliphatic heterocycles. The number of hydrogen-bond acceptors (Lipinski definition) is 4. The number of rotatable bonds is 6. The Morgan fingerprint density at radius 2 is 2.22 bits per heavy atom. The van der Waals surface area contributed by atoms with Crippen molar-refractivity contribution in [3.63, 3.8) is 0 Å². The fourth-order valence-corrected chi connectivity index (χ4v) is 1.60. The van der Waals surface area contributed by atoms with Crippen LogP contribution in [0.25, 0.3) is 0 Å². The van der Waals surface area contributed by atoms with Crippen molar-refractivity contribution in [2.24, 2.45) is 5.73 Å². The maximum atomic E-state index is 11.5. The van der Waals surface area contributed by atoms with Crippen molar-refractivity contribution in [2.75, 3.05) is 13.7 Å².